The number of hydrogen-bond donors (Lipinski definition) is 1. The van der Waals surface area contributed by atoms with E-state index in [9.17, 15) is 4.79 Å². The lowest BCUT2D eigenvalue weighted by Gasteiger charge is -2.23. The number of carbonyl (C=O) groups is 1. The lowest BCUT2D eigenvalue weighted by molar-refractivity contribution is -0.123. The number of hydrogen-bond acceptors (Lipinski definition) is 4. The van der Waals surface area contributed by atoms with E-state index >= 15 is 0 Å². The highest BCUT2D eigenvalue weighted by atomic mass is 16.2. The first-order chi connectivity index (χ1) is 9.47. The molecular weight excluding hydrogens is 254 g/mol. The molecule has 1 N–H and O–H groups in total. The van der Waals surface area contributed by atoms with Gasteiger partial charge >= 0.3 is 0 Å². The average molecular weight is 277 g/mol. The first-order valence-corrected chi connectivity index (χ1v) is 7.03. The first-order valence-electron chi connectivity index (χ1n) is 7.03. The van der Waals surface area contributed by atoms with E-state index in [1.54, 1.807) is 6.20 Å². The van der Waals surface area contributed by atoms with Crippen LogP contribution in [-0.4, -0.2) is 39.3 Å². The van der Waals surface area contributed by atoms with Crippen molar-refractivity contribution in [2.45, 2.75) is 33.2 Å². The average Bonchev–Trinajstić information content (AvgIpc) is 2.95. The van der Waals surface area contributed by atoms with Crippen LogP contribution < -0.4 is 5.32 Å². The number of imidazole rings is 1. The van der Waals surface area contributed by atoms with Crippen LogP contribution in [0.25, 0.3) is 0 Å². The van der Waals surface area contributed by atoms with Gasteiger partial charge in [-0.05, 0) is 12.8 Å². The zero-order chi connectivity index (χ0) is 14.7. The lowest BCUT2D eigenvalue weighted by atomic mass is 10.0. The molecule has 6 heteroatoms. The van der Waals surface area contributed by atoms with E-state index in [2.05, 4.69) is 29.2 Å². The fourth-order valence-corrected chi connectivity index (χ4v) is 2.34. The summed E-state index contributed by atoms with van der Waals surface area (Å²) >= 11 is 0. The zero-order valence-electron chi connectivity index (χ0n) is 12.6. The molecule has 1 amide bonds. The predicted molar refractivity (Wildman–Crippen MR) is 78.2 cm³/mol. The van der Waals surface area contributed by atoms with Crippen molar-refractivity contribution in [3.63, 3.8) is 0 Å². The van der Waals surface area contributed by atoms with Crippen molar-refractivity contribution in [3.05, 3.63) is 18.2 Å². The number of nitrogens with one attached hydrogen (secondary N) is 1. The van der Waals surface area contributed by atoms with Crippen LogP contribution >= 0.6 is 0 Å². The zero-order valence-corrected chi connectivity index (χ0v) is 12.6. The Morgan fingerprint density at radius 2 is 2.25 bits per heavy atom. The van der Waals surface area contributed by atoms with E-state index in [1.165, 1.54) is 0 Å². The summed E-state index contributed by atoms with van der Waals surface area (Å²) in [6.45, 7) is 7.29. The molecular formula is C14H23N5O. The summed E-state index contributed by atoms with van der Waals surface area (Å²) in [7, 11) is 1.94. The molecule has 20 heavy (non-hydrogen) atoms. The molecule has 1 aromatic heterocycles. The Balaban J connectivity index is 1.98. The molecule has 6 nitrogen and oxygen atoms in total. The highest BCUT2D eigenvalue weighted by Crippen LogP contribution is 2.19. The molecule has 1 aliphatic rings. The van der Waals surface area contributed by atoms with Gasteiger partial charge in [-0.3, -0.25) is 9.80 Å². The normalized spacial score (nSPS) is 16.4. The number of aryl methyl sites for hydroxylation is 1. The van der Waals surface area contributed by atoms with Crippen LogP contribution in [0.2, 0.25) is 0 Å². The van der Waals surface area contributed by atoms with Crippen LogP contribution in [0, 0.1) is 5.92 Å². The van der Waals surface area contributed by atoms with Crippen LogP contribution in [0.15, 0.2) is 17.5 Å². The fourth-order valence-electron chi connectivity index (χ4n) is 2.34. The van der Waals surface area contributed by atoms with Gasteiger partial charge in [0.2, 0.25) is 5.91 Å². The molecule has 0 saturated heterocycles. The molecule has 0 spiro atoms. The first kappa shape index (κ1) is 14.6. The summed E-state index contributed by atoms with van der Waals surface area (Å²) in [5, 5.41) is 9.22. The van der Waals surface area contributed by atoms with Gasteiger partial charge in [0, 0.05) is 38.1 Å². The number of aromatic nitrogens is 2. The molecule has 1 unspecified atom stereocenters. The molecule has 0 bridgehead atoms. The standard InChI is InChI=1S/C14H23N5O/c1-10(2)13(14-15-6-8-18(14)4)16-12(20)9-19-7-5-11(3)17-19/h6,8,10,13H,5,7,9H2,1-4H3,(H,16,20). The van der Waals surface area contributed by atoms with Crippen molar-refractivity contribution < 1.29 is 4.79 Å². The maximum atomic E-state index is 12.2. The van der Waals surface area contributed by atoms with Crippen LogP contribution in [0.1, 0.15) is 39.1 Å². The highest BCUT2D eigenvalue weighted by Gasteiger charge is 2.23. The van der Waals surface area contributed by atoms with Gasteiger partial charge in [-0.1, -0.05) is 13.8 Å². The summed E-state index contributed by atoms with van der Waals surface area (Å²) in [6.07, 6.45) is 4.59. The minimum absolute atomic E-state index is 0.00912. The number of nitrogens with zero attached hydrogens (tertiary/aromatic N) is 4. The SMILES string of the molecule is CC1=NN(CC(=O)NC(c2nccn2C)C(C)C)CC1. The molecule has 0 saturated carbocycles. The van der Waals surface area contributed by atoms with Crippen molar-refractivity contribution in [2.75, 3.05) is 13.1 Å². The third-order valence-corrected chi connectivity index (χ3v) is 3.49. The van der Waals surface area contributed by atoms with Gasteiger partial charge in [0.05, 0.1) is 6.04 Å². The Morgan fingerprint density at radius 1 is 1.50 bits per heavy atom. The van der Waals surface area contributed by atoms with Gasteiger partial charge in [0.1, 0.15) is 12.4 Å². The molecule has 0 radical (unpaired) electrons. The molecule has 2 heterocycles. The van der Waals surface area contributed by atoms with Crippen LogP contribution in [0.4, 0.5) is 0 Å². The predicted octanol–water partition coefficient (Wildman–Crippen LogP) is 1.31. The van der Waals surface area contributed by atoms with Crippen molar-refractivity contribution >= 4 is 11.6 Å². The topological polar surface area (TPSA) is 62.5 Å². The second-order valence-electron chi connectivity index (χ2n) is 5.66. The van der Waals surface area contributed by atoms with Gasteiger partial charge < -0.3 is 9.88 Å². The van der Waals surface area contributed by atoms with Crippen LogP contribution in [0.5, 0.6) is 0 Å². The van der Waals surface area contributed by atoms with E-state index in [1.807, 2.05) is 29.7 Å². The molecule has 0 aliphatic carbocycles. The monoisotopic (exact) mass is 277 g/mol. The van der Waals surface area contributed by atoms with Gasteiger partial charge in [0.25, 0.3) is 0 Å². The summed E-state index contributed by atoms with van der Waals surface area (Å²) in [5.41, 5.74) is 1.09. The Labute approximate surface area is 119 Å². The molecule has 0 aromatic carbocycles. The largest absolute Gasteiger partial charge is 0.344 e. The van der Waals surface area contributed by atoms with Crippen molar-refractivity contribution in [2.24, 2.45) is 18.1 Å². The number of amides is 1. The number of carbonyl (C=O) groups excluding carboxylic acids is 1. The minimum atomic E-state index is -0.0739. The van der Waals surface area contributed by atoms with Crippen LogP contribution in [-0.2, 0) is 11.8 Å². The summed E-state index contributed by atoms with van der Waals surface area (Å²) in [5.74, 6) is 1.16. The van der Waals surface area contributed by atoms with E-state index in [0.29, 0.717) is 6.54 Å². The Hall–Kier alpha value is -1.85. The van der Waals surface area contributed by atoms with Gasteiger partial charge in [-0.2, -0.15) is 5.10 Å². The summed E-state index contributed by atoms with van der Waals surface area (Å²) in [6, 6.07) is -0.0739. The maximum absolute atomic E-state index is 12.2. The van der Waals surface area contributed by atoms with Crippen LogP contribution in [0.3, 0.4) is 0 Å². The number of hydrazone groups is 1. The molecule has 1 aliphatic heterocycles. The Morgan fingerprint density at radius 3 is 2.75 bits per heavy atom. The van der Waals surface area contributed by atoms with Gasteiger partial charge in [0.15, 0.2) is 0 Å². The lowest BCUT2D eigenvalue weighted by Crippen LogP contribution is -2.39. The van der Waals surface area contributed by atoms with E-state index in [4.69, 9.17) is 0 Å². The van der Waals surface area contributed by atoms with Gasteiger partial charge in [-0.25, -0.2) is 4.98 Å². The molecule has 2 rings (SSSR count). The second kappa shape index (κ2) is 6.07. The third-order valence-electron chi connectivity index (χ3n) is 3.49. The Bertz CT molecular complexity index is 505. The summed E-state index contributed by atoms with van der Waals surface area (Å²) < 4.78 is 1.95. The van der Waals surface area contributed by atoms with E-state index in [0.717, 1.165) is 24.5 Å². The number of rotatable bonds is 5. The maximum Gasteiger partial charge on any atom is 0.241 e. The minimum Gasteiger partial charge on any atom is -0.344 e. The third kappa shape index (κ3) is 3.37. The smallest absolute Gasteiger partial charge is 0.241 e. The molecule has 110 valence electrons. The van der Waals surface area contributed by atoms with Crippen molar-refractivity contribution in [1.82, 2.24) is 19.9 Å². The molecule has 1 atom stereocenters. The second-order valence-corrected chi connectivity index (χ2v) is 5.66. The van der Waals surface area contributed by atoms with E-state index in [-0.39, 0.29) is 17.9 Å². The summed E-state index contributed by atoms with van der Waals surface area (Å²) in [4.78, 5) is 16.5. The highest BCUT2D eigenvalue weighted by molar-refractivity contribution is 5.84. The van der Waals surface area contributed by atoms with E-state index < -0.39 is 0 Å². The van der Waals surface area contributed by atoms with Crippen molar-refractivity contribution in [3.8, 4) is 0 Å². The Kier molecular flexibility index (Phi) is 4.42. The quantitative estimate of drug-likeness (QED) is 0.883. The molecule has 1 aromatic rings. The van der Waals surface area contributed by atoms with Gasteiger partial charge in [-0.15, -0.1) is 0 Å². The molecule has 0 fully saturated rings. The fraction of sp³-hybridized carbons (Fsp3) is 0.643. The van der Waals surface area contributed by atoms with Crippen molar-refractivity contribution in [1.29, 1.82) is 0 Å².